The molecule has 0 saturated heterocycles. The third-order valence-corrected chi connectivity index (χ3v) is 4.01. The lowest BCUT2D eigenvalue weighted by molar-refractivity contribution is -0.284. The van der Waals surface area contributed by atoms with E-state index in [-0.39, 0.29) is 6.42 Å². The molecule has 5 heteroatoms. The SMILES string of the molecule is CCCCCCCCCCCCCCCC(F)(F)C(F)(F)F. The molecule has 0 spiro atoms. The summed E-state index contributed by atoms with van der Waals surface area (Å²) < 4.78 is 61.1. The van der Waals surface area contributed by atoms with Gasteiger partial charge in [-0.15, -0.1) is 0 Å². The third-order valence-electron chi connectivity index (χ3n) is 4.01. The third kappa shape index (κ3) is 11.2. The van der Waals surface area contributed by atoms with Gasteiger partial charge in [0, 0.05) is 6.42 Å². The molecule has 0 aromatic carbocycles. The van der Waals surface area contributed by atoms with Crippen molar-refractivity contribution in [2.24, 2.45) is 0 Å². The summed E-state index contributed by atoms with van der Waals surface area (Å²) in [6.07, 6.45) is 6.77. The minimum Gasteiger partial charge on any atom is -0.196 e. The van der Waals surface area contributed by atoms with Crippen molar-refractivity contribution >= 4 is 0 Å². The van der Waals surface area contributed by atoms with Gasteiger partial charge in [-0.2, -0.15) is 22.0 Å². The zero-order chi connectivity index (χ0) is 16.9. The molecule has 0 nitrogen and oxygen atoms in total. The first kappa shape index (κ1) is 21.6. The van der Waals surface area contributed by atoms with Gasteiger partial charge >= 0.3 is 12.1 Å². The van der Waals surface area contributed by atoms with E-state index in [9.17, 15) is 22.0 Å². The van der Waals surface area contributed by atoms with Gasteiger partial charge in [-0.1, -0.05) is 84.0 Å². The van der Waals surface area contributed by atoms with Gasteiger partial charge in [0.2, 0.25) is 0 Å². The predicted octanol–water partition coefficient (Wildman–Crippen LogP) is 7.67. The maximum absolute atomic E-state index is 12.6. The van der Waals surface area contributed by atoms with Crippen molar-refractivity contribution in [2.75, 3.05) is 0 Å². The van der Waals surface area contributed by atoms with Crippen molar-refractivity contribution in [1.29, 1.82) is 0 Å². The lowest BCUT2D eigenvalue weighted by atomic mass is 10.0. The Labute approximate surface area is 131 Å². The zero-order valence-corrected chi connectivity index (χ0v) is 13.8. The Kier molecular flexibility index (Phi) is 11.9. The van der Waals surface area contributed by atoms with Gasteiger partial charge in [0.05, 0.1) is 0 Å². The van der Waals surface area contributed by atoms with Crippen molar-refractivity contribution in [2.45, 2.75) is 109 Å². The van der Waals surface area contributed by atoms with Crippen LogP contribution in [0, 0.1) is 0 Å². The molecule has 0 aliphatic carbocycles. The fourth-order valence-corrected chi connectivity index (χ4v) is 2.51. The molecule has 0 aromatic heterocycles. The summed E-state index contributed by atoms with van der Waals surface area (Å²) in [6.45, 7) is 2.20. The molecule has 134 valence electrons. The van der Waals surface area contributed by atoms with Crippen molar-refractivity contribution in [1.82, 2.24) is 0 Å². The highest BCUT2D eigenvalue weighted by Crippen LogP contribution is 2.39. The molecule has 0 saturated carbocycles. The smallest absolute Gasteiger partial charge is 0.196 e. The Morgan fingerprint density at radius 3 is 1.14 bits per heavy atom. The van der Waals surface area contributed by atoms with Gasteiger partial charge in [0.15, 0.2) is 0 Å². The van der Waals surface area contributed by atoms with Gasteiger partial charge in [0.1, 0.15) is 0 Å². The van der Waals surface area contributed by atoms with E-state index in [4.69, 9.17) is 0 Å². The predicted molar refractivity (Wildman–Crippen MR) is 81.3 cm³/mol. The van der Waals surface area contributed by atoms with E-state index in [1.807, 2.05) is 0 Å². The Morgan fingerprint density at radius 1 is 0.500 bits per heavy atom. The maximum Gasteiger partial charge on any atom is 0.453 e. The number of halogens is 5. The van der Waals surface area contributed by atoms with E-state index >= 15 is 0 Å². The standard InChI is InChI=1S/C17H31F5/c1-2-3-4-5-6-7-8-9-10-11-12-13-14-15-16(18,19)17(20,21)22/h2-15H2,1H3. The van der Waals surface area contributed by atoms with Crippen LogP contribution in [0.25, 0.3) is 0 Å². The monoisotopic (exact) mass is 330 g/mol. The number of alkyl halides is 5. The summed E-state index contributed by atoms with van der Waals surface area (Å²) in [5, 5.41) is 0. The largest absolute Gasteiger partial charge is 0.453 e. The Bertz CT molecular complexity index is 248. The van der Waals surface area contributed by atoms with Gasteiger partial charge in [-0.25, -0.2) is 0 Å². The van der Waals surface area contributed by atoms with E-state index in [1.54, 1.807) is 0 Å². The van der Waals surface area contributed by atoms with Crippen molar-refractivity contribution < 1.29 is 22.0 Å². The lowest BCUT2D eigenvalue weighted by Gasteiger charge is -2.19. The highest BCUT2D eigenvalue weighted by atomic mass is 19.4. The van der Waals surface area contributed by atoms with Crippen molar-refractivity contribution in [3.8, 4) is 0 Å². The molecule has 22 heavy (non-hydrogen) atoms. The minimum absolute atomic E-state index is 0.0516. The second kappa shape index (κ2) is 12.1. The number of hydrogen-bond donors (Lipinski definition) is 0. The van der Waals surface area contributed by atoms with Crippen molar-refractivity contribution in [3.63, 3.8) is 0 Å². The quantitative estimate of drug-likeness (QED) is 0.226. The van der Waals surface area contributed by atoms with E-state index in [2.05, 4.69) is 6.92 Å². The summed E-state index contributed by atoms with van der Waals surface area (Å²) in [6, 6.07) is 0. The van der Waals surface area contributed by atoms with E-state index in [0.717, 1.165) is 25.7 Å². The summed E-state index contributed by atoms with van der Waals surface area (Å²) in [5.41, 5.74) is 0. The lowest BCUT2D eigenvalue weighted by Crippen LogP contribution is -2.36. The zero-order valence-electron chi connectivity index (χ0n) is 13.8. The Balaban J connectivity index is 3.28. The molecular formula is C17H31F5. The molecule has 0 fully saturated rings. The van der Waals surface area contributed by atoms with Crippen LogP contribution in [0.1, 0.15) is 96.8 Å². The second-order valence-corrected chi connectivity index (χ2v) is 6.19. The first-order valence-corrected chi connectivity index (χ1v) is 8.76. The Morgan fingerprint density at radius 2 is 0.818 bits per heavy atom. The summed E-state index contributed by atoms with van der Waals surface area (Å²) in [4.78, 5) is 0. The van der Waals surface area contributed by atoms with E-state index in [0.29, 0.717) is 6.42 Å². The highest BCUT2D eigenvalue weighted by Gasteiger charge is 2.56. The van der Waals surface area contributed by atoms with Gasteiger partial charge < -0.3 is 0 Å². The number of rotatable bonds is 14. The molecule has 0 aliphatic heterocycles. The molecule has 0 radical (unpaired) electrons. The van der Waals surface area contributed by atoms with Gasteiger partial charge in [0.25, 0.3) is 0 Å². The summed E-state index contributed by atoms with van der Waals surface area (Å²) >= 11 is 0. The highest BCUT2D eigenvalue weighted by molar-refractivity contribution is 4.75. The van der Waals surface area contributed by atoms with Crippen LogP contribution in [0.5, 0.6) is 0 Å². The van der Waals surface area contributed by atoms with Crippen LogP contribution >= 0.6 is 0 Å². The molecule has 0 unspecified atom stereocenters. The second-order valence-electron chi connectivity index (χ2n) is 6.19. The normalized spacial score (nSPS) is 12.8. The van der Waals surface area contributed by atoms with Crippen LogP contribution in [-0.4, -0.2) is 12.1 Å². The molecule has 0 amide bonds. The van der Waals surface area contributed by atoms with Crippen LogP contribution in [0.4, 0.5) is 22.0 Å². The van der Waals surface area contributed by atoms with Crippen LogP contribution in [0.15, 0.2) is 0 Å². The molecule has 0 rings (SSSR count). The Hall–Kier alpha value is -0.350. The van der Waals surface area contributed by atoms with Crippen LogP contribution in [-0.2, 0) is 0 Å². The number of unbranched alkanes of at least 4 members (excludes halogenated alkanes) is 12. The molecule has 0 atom stereocenters. The molecular weight excluding hydrogens is 299 g/mol. The van der Waals surface area contributed by atoms with Crippen LogP contribution < -0.4 is 0 Å². The minimum atomic E-state index is -5.40. The first-order chi connectivity index (χ1) is 10.3. The van der Waals surface area contributed by atoms with Crippen LogP contribution in [0.3, 0.4) is 0 Å². The van der Waals surface area contributed by atoms with Crippen molar-refractivity contribution in [3.05, 3.63) is 0 Å². The average Bonchev–Trinajstić information content (AvgIpc) is 2.42. The van der Waals surface area contributed by atoms with Crippen LogP contribution in [0.2, 0.25) is 0 Å². The maximum atomic E-state index is 12.6. The molecule has 0 aliphatic rings. The summed E-state index contributed by atoms with van der Waals surface area (Å²) in [5.74, 6) is -4.52. The fourth-order valence-electron chi connectivity index (χ4n) is 2.51. The summed E-state index contributed by atoms with van der Waals surface area (Å²) in [7, 11) is 0. The van der Waals surface area contributed by atoms with Gasteiger partial charge in [-0.3, -0.25) is 0 Å². The molecule has 0 bridgehead atoms. The fraction of sp³-hybridized carbons (Fsp3) is 1.00. The average molecular weight is 330 g/mol. The van der Waals surface area contributed by atoms with Gasteiger partial charge in [-0.05, 0) is 6.42 Å². The molecule has 0 aromatic rings. The topological polar surface area (TPSA) is 0 Å². The molecule has 0 heterocycles. The molecule has 0 N–H and O–H groups in total. The first-order valence-electron chi connectivity index (χ1n) is 8.76. The van der Waals surface area contributed by atoms with E-state index in [1.165, 1.54) is 44.9 Å². The van der Waals surface area contributed by atoms with E-state index < -0.39 is 18.5 Å². The number of hydrogen-bond acceptors (Lipinski definition) is 0.